The van der Waals surface area contributed by atoms with Gasteiger partial charge in [-0.3, -0.25) is 9.59 Å². The van der Waals surface area contributed by atoms with E-state index in [0.717, 1.165) is 36.1 Å². The molecule has 2 aliphatic rings. The van der Waals surface area contributed by atoms with Crippen LogP contribution in [0.25, 0.3) is 0 Å². The van der Waals surface area contributed by atoms with Gasteiger partial charge >= 0.3 is 0 Å². The largest absolute Gasteiger partial charge is 0.494 e. The molecule has 3 aromatic carbocycles. The Morgan fingerprint density at radius 3 is 1.69 bits per heavy atom. The molecule has 1 fully saturated rings. The Morgan fingerprint density at radius 2 is 1.20 bits per heavy atom. The Bertz CT molecular complexity index is 1120. The fraction of sp³-hybridized carbons (Fsp3) is 0.290. The molecule has 0 aromatic heterocycles. The molecule has 1 aliphatic heterocycles. The van der Waals surface area contributed by atoms with E-state index in [-0.39, 0.29) is 23.7 Å². The summed E-state index contributed by atoms with van der Waals surface area (Å²) in [5.41, 5.74) is 2.72. The highest BCUT2D eigenvalue weighted by Crippen LogP contribution is 2.50. The lowest BCUT2D eigenvalue weighted by atomic mass is 9.68. The van der Waals surface area contributed by atoms with Gasteiger partial charge in [0, 0.05) is 11.8 Å². The van der Waals surface area contributed by atoms with Crippen molar-refractivity contribution in [3.05, 3.63) is 108 Å². The summed E-state index contributed by atoms with van der Waals surface area (Å²) < 4.78 is 5.83. The lowest BCUT2D eigenvalue weighted by Gasteiger charge is -2.32. The topological polar surface area (TPSA) is 46.6 Å². The van der Waals surface area contributed by atoms with Crippen molar-refractivity contribution in [3.8, 4) is 5.75 Å². The van der Waals surface area contributed by atoms with Gasteiger partial charge in [0.15, 0.2) is 0 Å². The molecule has 5 rings (SSSR count). The summed E-state index contributed by atoms with van der Waals surface area (Å²) in [6.07, 6.45) is 7.54. The first-order valence-corrected chi connectivity index (χ1v) is 12.6. The number of hydrogen-bond acceptors (Lipinski definition) is 3. The van der Waals surface area contributed by atoms with Gasteiger partial charge in [-0.05, 0) is 41.8 Å². The van der Waals surface area contributed by atoms with Crippen molar-refractivity contribution in [2.24, 2.45) is 11.8 Å². The van der Waals surface area contributed by atoms with Crippen molar-refractivity contribution in [1.82, 2.24) is 0 Å². The summed E-state index contributed by atoms with van der Waals surface area (Å²) in [4.78, 5) is 29.2. The number of carbonyl (C=O) groups excluding carboxylic acids is 2. The third-order valence-electron chi connectivity index (χ3n) is 7.18. The molecule has 3 aromatic rings. The average Bonchev–Trinajstić information content (AvgIpc) is 3.18. The van der Waals surface area contributed by atoms with Gasteiger partial charge in [0.1, 0.15) is 5.75 Å². The van der Waals surface area contributed by atoms with E-state index < -0.39 is 11.8 Å². The van der Waals surface area contributed by atoms with E-state index in [1.54, 1.807) is 0 Å². The van der Waals surface area contributed by atoms with Crippen LogP contribution in [-0.4, -0.2) is 18.4 Å². The Hall–Kier alpha value is -3.66. The number of rotatable bonds is 8. The van der Waals surface area contributed by atoms with Crippen LogP contribution in [0.2, 0.25) is 0 Å². The highest BCUT2D eigenvalue weighted by Gasteiger charge is 2.55. The van der Waals surface area contributed by atoms with E-state index in [2.05, 4.69) is 19.1 Å². The Balaban J connectivity index is 1.46. The van der Waals surface area contributed by atoms with Crippen molar-refractivity contribution in [3.63, 3.8) is 0 Å². The van der Waals surface area contributed by atoms with Gasteiger partial charge in [0.25, 0.3) is 0 Å². The Labute approximate surface area is 207 Å². The van der Waals surface area contributed by atoms with Crippen molar-refractivity contribution in [2.75, 3.05) is 11.5 Å². The van der Waals surface area contributed by atoms with Crippen LogP contribution >= 0.6 is 0 Å². The molecule has 0 saturated carbocycles. The molecule has 0 spiro atoms. The molecule has 1 heterocycles. The molecule has 4 nitrogen and oxygen atoms in total. The van der Waals surface area contributed by atoms with Crippen LogP contribution in [0.4, 0.5) is 5.69 Å². The van der Waals surface area contributed by atoms with Crippen LogP contribution in [0.1, 0.15) is 49.1 Å². The number of amides is 2. The minimum Gasteiger partial charge on any atom is -0.494 e. The molecule has 1 saturated heterocycles. The smallest absolute Gasteiger partial charge is 0.238 e. The third-order valence-corrected chi connectivity index (χ3v) is 7.18. The maximum Gasteiger partial charge on any atom is 0.238 e. The molecule has 178 valence electrons. The first-order chi connectivity index (χ1) is 17.2. The van der Waals surface area contributed by atoms with Gasteiger partial charge in [-0.2, -0.15) is 0 Å². The van der Waals surface area contributed by atoms with Crippen LogP contribution in [-0.2, 0) is 9.59 Å². The first-order valence-electron chi connectivity index (χ1n) is 12.6. The fourth-order valence-electron chi connectivity index (χ4n) is 5.42. The lowest BCUT2D eigenvalue weighted by molar-refractivity contribution is -0.122. The van der Waals surface area contributed by atoms with E-state index in [0.29, 0.717) is 12.3 Å². The molecular weight excluding hydrogens is 434 g/mol. The van der Waals surface area contributed by atoms with Gasteiger partial charge in [0.2, 0.25) is 11.8 Å². The van der Waals surface area contributed by atoms with Crippen LogP contribution in [0, 0.1) is 11.8 Å². The van der Waals surface area contributed by atoms with Gasteiger partial charge in [-0.15, -0.1) is 0 Å². The number of hydrogen-bond donors (Lipinski definition) is 0. The number of carbonyl (C=O) groups is 2. The van der Waals surface area contributed by atoms with Gasteiger partial charge in [-0.1, -0.05) is 92.6 Å². The summed E-state index contributed by atoms with van der Waals surface area (Å²) >= 11 is 0. The predicted octanol–water partition coefficient (Wildman–Crippen LogP) is 6.50. The van der Waals surface area contributed by atoms with Crippen molar-refractivity contribution in [1.29, 1.82) is 0 Å². The van der Waals surface area contributed by atoms with E-state index in [4.69, 9.17) is 4.74 Å². The number of benzene rings is 3. The van der Waals surface area contributed by atoms with Crippen molar-refractivity contribution >= 4 is 17.5 Å². The molecule has 2 amide bonds. The summed E-state index contributed by atoms with van der Waals surface area (Å²) in [5, 5.41) is 0. The van der Waals surface area contributed by atoms with Gasteiger partial charge in [-0.25, -0.2) is 4.90 Å². The summed E-state index contributed by atoms with van der Waals surface area (Å²) in [6, 6.07) is 27.4. The average molecular weight is 466 g/mol. The molecule has 4 unspecified atom stereocenters. The summed E-state index contributed by atoms with van der Waals surface area (Å²) in [5.74, 6) is -0.651. The quantitative estimate of drug-likeness (QED) is 0.217. The second-order valence-corrected chi connectivity index (χ2v) is 9.37. The lowest BCUT2D eigenvalue weighted by Crippen LogP contribution is -2.31. The molecule has 4 atom stereocenters. The maximum absolute atomic E-state index is 13.9. The molecule has 1 aliphatic carbocycles. The molecular formula is C31H31NO3. The molecule has 35 heavy (non-hydrogen) atoms. The molecule has 0 radical (unpaired) electrons. The van der Waals surface area contributed by atoms with Crippen LogP contribution in [0.15, 0.2) is 97.1 Å². The fourth-order valence-corrected chi connectivity index (χ4v) is 5.42. The molecule has 4 heteroatoms. The second kappa shape index (κ2) is 10.3. The van der Waals surface area contributed by atoms with Crippen molar-refractivity contribution < 1.29 is 14.3 Å². The number of imide groups is 1. The molecule has 0 N–H and O–H groups in total. The van der Waals surface area contributed by atoms with Crippen LogP contribution in [0.3, 0.4) is 0 Å². The first kappa shape index (κ1) is 23.1. The summed E-state index contributed by atoms with van der Waals surface area (Å²) in [6.45, 7) is 2.83. The Morgan fingerprint density at radius 1 is 0.686 bits per heavy atom. The zero-order valence-electron chi connectivity index (χ0n) is 20.0. The minimum absolute atomic E-state index is 0.129. The number of fused-ring (bicyclic) bond motifs is 1. The van der Waals surface area contributed by atoms with Crippen LogP contribution < -0.4 is 9.64 Å². The number of nitrogens with zero attached hydrogens (tertiary/aromatic N) is 1. The van der Waals surface area contributed by atoms with E-state index in [1.807, 2.05) is 84.9 Å². The standard InChI is InChI=1S/C31H31NO3/c1-2-3-10-21-35-25-17-15-24(16-18-25)32-30(33)28-26(22-11-6-4-7-12-22)19-20-27(29(28)31(32)34)23-13-8-5-9-14-23/h4-9,11-20,26-29H,2-3,10,21H2,1H3. The second-order valence-electron chi connectivity index (χ2n) is 9.37. The van der Waals surface area contributed by atoms with Gasteiger partial charge in [0.05, 0.1) is 24.1 Å². The Kier molecular flexibility index (Phi) is 6.80. The zero-order chi connectivity index (χ0) is 24.2. The highest BCUT2D eigenvalue weighted by molar-refractivity contribution is 6.23. The highest BCUT2D eigenvalue weighted by atomic mass is 16.5. The normalized spacial score (nSPS) is 23.4. The number of allylic oxidation sites excluding steroid dienone is 2. The van der Waals surface area contributed by atoms with Crippen molar-refractivity contribution in [2.45, 2.75) is 38.0 Å². The SMILES string of the molecule is CCCCCOc1ccc(N2C(=O)C3C(c4ccccc4)C=CC(c4ccccc4)C3C2=O)cc1. The van der Waals surface area contributed by atoms with E-state index in [9.17, 15) is 9.59 Å². The number of ether oxygens (including phenoxy) is 1. The number of unbranched alkanes of at least 4 members (excludes halogenated alkanes) is 2. The number of anilines is 1. The van der Waals surface area contributed by atoms with E-state index in [1.165, 1.54) is 4.90 Å². The summed E-state index contributed by atoms with van der Waals surface area (Å²) in [7, 11) is 0. The minimum atomic E-state index is -0.440. The molecule has 0 bridgehead atoms. The zero-order valence-corrected chi connectivity index (χ0v) is 20.0. The van der Waals surface area contributed by atoms with Crippen LogP contribution in [0.5, 0.6) is 5.75 Å². The third kappa shape index (κ3) is 4.53. The maximum atomic E-state index is 13.9. The monoisotopic (exact) mass is 465 g/mol. The predicted molar refractivity (Wildman–Crippen MR) is 138 cm³/mol. The van der Waals surface area contributed by atoms with Gasteiger partial charge < -0.3 is 4.74 Å². The van der Waals surface area contributed by atoms with E-state index >= 15 is 0 Å².